The lowest BCUT2D eigenvalue weighted by Gasteiger charge is -2.31. The van der Waals surface area contributed by atoms with E-state index in [1.165, 1.54) is 17.8 Å². The van der Waals surface area contributed by atoms with Crippen molar-refractivity contribution in [2.24, 2.45) is 0 Å². The Kier molecular flexibility index (Phi) is 9.99. The van der Waals surface area contributed by atoms with Crippen molar-refractivity contribution in [3.05, 3.63) is 105 Å². The summed E-state index contributed by atoms with van der Waals surface area (Å²) in [5.41, 5.74) is 2.22. The van der Waals surface area contributed by atoms with E-state index in [-0.39, 0.29) is 29.9 Å². The van der Waals surface area contributed by atoms with Gasteiger partial charge >= 0.3 is 0 Å². The molecule has 178 valence electrons. The van der Waals surface area contributed by atoms with E-state index in [1.807, 2.05) is 54.6 Å². The molecule has 0 aromatic heterocycles. The highest BCUT2D eigenvalue weighted by molar-refractivity contribution is 9.10. The highest BCUT2D eigenvalue weighted by Crippen LogP contribution is 2.25. The summed E-state index contributed by atoms with van der Waals surface area (Å²) >= 11 is 10.9. The number of amides is 2. The number of nitrogens with zero attached hydrogens (tertiary/aromatic N) is 1. The first-order chi connectivity index (χ1) is 16.4. The van der Waals surface area contributed by atoms with Crippen LogP contribution in [0.5, 0.6) is 0 Å². The minimum atomic E-state index is -0.698. The molecular weight excluding hydrogens is 539 g/mol. The fraction of sp³-hybridized carbons (Fsp3) is 0.231. The van der Waals surface area contributed by atoms with Gasteiger partial charge in [-0.15, -0.1) is 11.8 Å². The molecule has 3 aromatic carbocycles. The van der Waals surface area contributed by atoms with Crippen LogP contribution in [-0.4, -0.2) is 35.6 Å². The molecule has 34 heavy (non-hydrogen) atoms. The van der Waals surface area contributed by atoms with Crippen LogP contribution in [-0.2, 0) is 28.3 Å². The molecule has 2 amide bonds. The monoisotopic (exact) mass is 562 g/mol. The van der Waals surface area contributed by atoms with Gasteiger partial charge in [-0.1, -0.05) is 76.1 Å². The number of likely N-dealkylation sites (N-methyl/N-ethyl adjacent to an activating group) is 1. The molecule has 0 saturated heterocycles. The van der Waals surface area contributed by atoms with E-state index in [0.717, 1.165) is 15.6 Å². The van der Waals surface area contributed by atoms with Gasteiger partial charge in [-0.3, -0.25) is 9.59 Å². The molecule has 1 unspecified atom stereocenters. The van der Waals surface area contributed by atoms with Crippen molar-refractivity contribution in [3.63, 3.8) is 0 Å². The summed E-state index contributed by atoms with van der Waals surface area (Å²) in [7, 11) is 1.57. The maximum absolute atomic E-state index is 14.1. The first-order valence-electron chi connectivity index (χ1n) is 10.7. The average molecular weight is 564 g/mol. The molecule has 0 aliphatic carbocycles. The van der Waals surface area contributed by atoms with Gasteiger partial charge in [-0.05, 0) is 35.4 Å². The fourth-order valence-corrected chi connectivity index (χ4v) is 5.24. The van der Waals surface area contributed by atoms with Crippen LogP contribution in [0.1, 0.15) is 16.7 Å². The predicted octanol–water partition coefficient (Wildman–Crippen LogP) is 5.86. The van der Waals surface area contributed by atoms with Gasteiger partial charge in [0.05, 0.1) is 5.75 Å². The standard InChI is InChI=1S/C26H25BrClFN2O2S/c1-30-26(33)24(14-18-7-3-2-4-8-18)31(15-19-9-5-10-20(27)13-19)25(32)17-34-16-21-22(28)11-6-12-23(21)29/h2-13,24H,14-17H2,1H3,(H,30,33). The topological polar surface area (TPSA) is 49.4 Å². The molecule has 4 nitrogen and oxygen atoms in total. The number of benzene rings is 3. The number of halogens is 3. The Morgan fingerprint density at radius 2 is 1.76 bits per heavy atom. The van der Waals surface area contributed by atoms with Crippen LogP contribution in [0.15, 0.2) is 77.3 Å². The van der Waals surface area contributed by atoms with E-state index < -0.39 is 11.9 Å². The molecule has 1 atom stereocenters. The summed E-state index contributed by atoms with van der Waals surface area (Å²) in [4.78, 5) is 27.9. The lowest BCUT2D eigenvalue weighted by Crippen LogP contribution is -2.50. The van der Waals surface area contributed by atoms with Crippen LogP contribution < -0.4 is 5.32 Å². The molecule has 0 saturated carbocycles. The molecule has 0 aliphatic heterocycles. The Morgan fingerprint density at radius 1 is 1.06 bits per heavy atom. The highest BCUT2D eigenvalue weighted by atomic mass is 79.9. The van der Waals surface area contributed by atoms with Gasteiger partial charge in [-0.2, -0.15) is 0 Å². The number of rotatable bonds is 10. The molecule has 1 N–H and O–H groups in total. The summed E-state index contributed by atoms with van der Waals surface area (Å²) in [5, 5.41) is 3.03. The van der Waals surface area contributed by atoms with Crippen LogP contribution >= 0.6 is 39.3 Å². The minimum absolute atomic E-state index is 0.0843. The van der Waals surface area contributed by atoms with Gasteiger partial charge < -0.3 is 10.2 Å². The number of carbonyl (C=O) groups excluding carboxylic acids is 2. The molecule has 0 aliphatic rings. The lowest BCUT2D eigenvalue weighted by molar-refractivity contribution is -0.139. The third-order valence-electron chi connectivity index (χ3n) is 5.29. The van der Waals surface area contributed by atoms with E-state index in [2.05, 4.69) is 21.2 Å². The Hall–Kier alpha value is -2.35. The summed E-state index contributed by atoms with van der Waals surface area (Å²) in [6.45, 7) is 0.268. The van der Waals surface area contributed by atoms with Crippen molar-refractivity contribution < 1.29 is 14.0 Å². The van der Waals surface area contributed by atoms with Crippen molar-refractivity contribution in [2.45, 2.75) is 24.8 Å². The van der Waals surface area contributed by atoms with Crippen LogP contribution in [0.4, 0.5) is 4.39 Å². The number of hydrogen-bond acceptors (Lipinski definition) is 3. The van der Waals surface area contributed by atoms with Gasteiger partial charge in [0, 0.05) is 40.8 Å². The summed E-state index contributed by atoms with van der Waals surface area (Å²) < 4.78 is 15.0. The second-order valence-electron chi connectivity index (χ2n) is 7.66. The summed E-state index contributed by atoms with van der Waals surface area (Å²) in [6, 6.07) is 21.1. The average Bonchev–Trinajstić information content (AvgIpc) is 2.83. The van der Waals surface area contributed by atoms with Gasteiger partial charge in [0.15, 0.2) is 0 Å². The number of carbonyl (C=O) groups is 2. The molecular formula is C26H25BrClFN2O2S. The number of hydrogen-bond donors (Lipinski definition) is 1. The molecule has 8 heteroatoms. The SMILES string of the molecule is CNC(=O)C(Cc1ccccc1)N(Cc1cccc(Br)c1)C(=O)CSCc1c(F)cccc1Cl. The van der Waals surface area contributed by atoms with Crippen LogP contribution in [0.3, 0.4) is 0 Å². The van der Waals surface area contributed by atoms with Crippen molar-refractivity contribution >= 4 is 51.1 Å². The minimum Gasteiger partial charge on any atom is -0.357 e. The number of nitrogens with one attached hydrogen (secondary N) is 1. The quantitative estimate of drug-likeness (QED) is 0.336. The molecule has 3 aromatic rings. The zero-order valence-corrected chi connectivity index (χ0v) is 21.8. The van der Waals surface area contributed by atoms with E-state index in [4.69, 9.17) is 11.6 Å². The zero-order chi connectivity index (χ0) is 24.5. The Bertz CT molecular complexity index is 1110. The van der Waals surface area contributed by atoms with E-state index >= 15 is 0 Å². The third-order valence-corrected chi connectivity index (χ3v) is 7.08. The first-order valence-corrected chi connectivity index (χ1v) is 13.0. The summed E-state index contributed by atoms with van der Waals surface area (Å²) in [6.07, 6.45) is 0.379. The molecule has 0 spiro atoms. The second kappa shape index (κ2) is 12.9. The molecule has 0 bridgehead atoms. The van der Waals surface area contributed by atoms with Gasteiger partial charge in [0.1, 0.15) is 11.9 Å². The van der Waals surface area contributed by atoms with E-state index in [1.54, 1.807) is 24.1 Å². The second-order valence-corrected chi connectivity index (χ2v) is 9.97. The highest BCUT2D eigenvalue weighted by Gasteiger charge is 2.29. The first kappa shape index (κ1) is 26.3. The Labute approximate surface area is 217 Å². The van der Waals surface area contributed by atoms with E-state index in [0.29, 0.717) is 17.0 Å². The fourth-order valence-electron chi connectivity index (χ4n) is 3.55. The number of thioether (sulfide) groups is 1. The Balaban J connectivity index is 1.83. The predicted molar refractivity (Wildman–Crippen MR) is 140 cm³/mol. The van der Waals surface area contributed by atoms with E-state index in [9.17, 15) is 14.0 Å². The molecule has 0 fully saturated rings. The maximum Gasteiger partial charge on any atom is 0.242 e. The van der Waals surface area contributed by atoms with Crippen molar-refractivity contribution in [1.82, 2.24) is 10.2 Å². The van der Waals surface area contributed by atoms with Gasteiger partial charge in [-0.25, -0.2) is 4.39 Å². The van der Waals surface area contributed by atoms with Crippen molar-refractivity contribution in [3.8, 4) is 0 Å². The molecule has 3 rings (SSSR count). The largest absolute Gasteiger partial charge is 0.357 e. The van der Waals surface area contributed by atoms with Crippen LogP contribution in [0.2, 0.25) is 5.02 Å². The van der Waals surface area contributed by atoms with Gasteiger partial charge in [0.25, 0.3) is 0 Å². The smallest absolute Gasteiger partial charge is 0.242 e. The summed E-state index contributed by atoms with van der Waals surface area (Å²) in [5.74, 6) is -0.506. The maximum atomic E-state index is 14.1. The lowest BCUT2D eigenvalue weighted by atomic mass is 10.0. The van der Waals surface area contributed by atoms with Crippen molar-refractivity contribution in [1.29, 1.82) is 0 Å². The molecule has 0 radical (unpaired) electrons. The van der Waals surface area contributed by atoms with Crippen LogP contribution in [0, 0.1) is 5.82 Å². The molecule has 0 heterocycles. The Morgan fingerprint density at radius 3 is 2.44 bits per heavy atom. The van der Waals surface area contributed by atoms with Crippen LogP contribution in [0.25, 0.3) is 0 Å². The van der Waals surface area contributed by atoms with Gasteiger partial charge in [0.2, 0.25) is 11.8 Å². The zero-order valence-electron chi connectivity index (χ0n) is 18.6. The van der Waals surface area contributed by atoms with Crippen molar-refractivity contribution in [2.75, 3.05) is 12.8 Å². The third kappa shape index (κ3) is 7.32. The normalized spacial score (nSPS) is 11.6.